The minimum atomic E-state index is 0.336. The minimum Gasteiger partial charge on any atom is -0.493 e. The van der Waals surface area contributed by atoms with Gasteiger partial charge in [-0.3, -0.25) is 0 Å². The molecule has 3 aromatic rings. The lowest BCUT2D eigenvalue weighted by atomic mass is 10.2. The highest BCUT2D eigenvalue weighted by Crippen LogP contribution is 2.30. The molecule has 0 spiro atoms. The van der Waals surface area contributed by atoms with Crippen LogP contribution in [-0.4, -0.2) is 7.11 Å². The molecule has 0 aliphatic rings. The van der Waals surface area contributed by atoms with Gasteiger partial charge in [-0.15, -0.1) is 0 Å². The van der Waals surface area contributed by atoms with E-state index >= 15 is 0 Å². The molecule has 6 heteroatoms. The standard InChI is InChI=1S/C20H19Cl2NO3/c1-24-20-9-14(11-23-12-17-3-2-8-25-17)4-7-19(20)26-13-15-5-6-16(21)10-18(15)22/h2-10,23H,11-13H2,1H3. The van der Waals surface area contributed by atoms with E-state index < -0.39 is 0 Å². The Morgan fingerprint density at radius 3 is 2.62 bits per heavy atom. The van der Waals surface area contributed by atoms with Crippen LogP contribution in [0.1, 0.15) is 16.9 Å². The van der Waals surface area contributed by atoms with Crippen molar-refractivity contribution in [3.8, 4) is 11.5 Å². The summed E-state index contributed by atoms with van der Waals surface area (Å²) in [5.41, 5.74) is 1.95. The van der Waals surface area contributed by atoms with E-state index in [0.717, 1.165) is 16.9 Å². The highest BCUT2D eigenvalue weighted by Gasteiger charge is 2.08. The van der Waals surface area contributed by atoms with Crippen molar-refractivity contribution in [1.82, 2.24) is 5.32 Å². The second-order valence-electron chi connectivity index (χ2n) is 5.69. The first-order valence-corrected chi connectivity index (χ1v) is 8.88. The molecule has 2 aromatic carbocycles. The van der Waals surface area contributed by atoms with Gasteiger partial charge in [0.1, 0.15) is 12.4 Å². The first-order chi connectivity index (χ1) is 12.7. The Hall–Kier alpha value is -2.14. The van der Waals surface area contributed by atoms with E-state index in [1.165, 1.54) is 0 Å². The molecular formula is C20H19Cl2NO3. The van der Waals surface area contributed by atoms with Gasteiger partial charge in [-0.25, -0.2) is 0 Å². The summed E-state index contributed by atoms with van der Waals surface area (Å²) in [4.78, 5) is 0. The summed E-state index contributed by atoms with van der Waals surface area (Å²) in [6.07, 6.45) is 1.67. The van der Waals surface area contributed by atoms with Crippen molar-refractivity contribution in [2.45, 2.75) is 19.7 Å². The van der Waals surface area contributed by atoms with Crippen LogP contribution in [0.15, 0.2) is 59.2 Å². The summed E-state index contributed by atoms with van der Waals surface area (Å²) in [5, 5.41) is 4.50. The Kier molecular flexibility index (Phi) is 6.45. The van der Waals surface area contributed by atoms with Crippen molar-refractivity contribution in [3.05, 3.63) is 81.7 Å². The van der Waals surface area contributed by atoms with Crippen molar-refractivity contribution < 1.29 is 13.9 Å². The van der Waals surface area contributed by atoms with Crippen molar-refractivity contribution in [3.63, 3.8) is 0 Å². The molecule has 4 nitrogen and oxygen atoms in total. The van der Waals surface area contributed by atoms with Gasteiger partial charge in [0.2, 0.25) is 0 Å². The predicted octanol–water partition coefficient (Wildman–Crippen LogP) is 5.46. The summed E-state index contributed by atoms with van der Waals surface area (Å²) >= 11 is 12.1. The molecule has 0 radical (unpaired) electrons. The fourth-order valence-electron chi connectivity index (χ4n) is 2.48. The molecule has 136 valence electrons. The zero-order chi connectivity index (χ0) is 18.4. The second kappa shape index (κ2) is 8.99. The number of furan rings is 1. The number of rotatable bonds is 8. The number of halogens is 2. The largest absolute Gasteiger partial charge is 0.493 e. The molecule has 26 heavy (non-hydrogen) atoms. The monoisotopic (exact) mass is 391 g/mol. The van der Waals surface area contributed by atoms with Crippen molar-refractivity contribution in [1.29, 1.82) is 0 Å². The molecule has 0 saturated heterocycles. The molecule has 0 bridgehead atoms. The van der Waals surface area contributed by atoms with Gasteiger partial charge in [0, 0.05) is 22.2 Å². The summed E-state index contributed by atoms with van der Waals surface area (Å²) < 4.78 is 16.6. The van der Waals surface area contributed by atoms with Gasteiger partial charge >= 0.3 is 0 Å². The van der Waals surface area contributed by atoms with E-state index in [4.69, 9.17) is 37.1 Å². The quantitative estimate of drug-likeness (QED) is 0.553. The fourth-order valence-corrected chi connectivity index (χ4v) is 2.94. The minimum absolute atomic E-state index is 0.336. The van der Waals surface area contributed by atoms with Gasteiger partial charge in [0.15, 0.2) is 11.5 Å². The molecule has 0 amide bonds. The number of hydrogen-bond acceptors (Lipinski definition) is 4. The zero-order valence-corrected chi connectivity index (χ0v) is 15.8. The Labute approximate surface area is 162 Å². The van der Waals surface area contributed by atoms with E-state index in [-0.39, 0.29) is 0 Å². The fraction of sp³-hybridized carbons (Fsp3) is 0.200. The molecule has 0 aliphatic heterocycles. The Morgan fingerprint density at radius 2 is 1.88 bits per heavy atom. The lowest BCUT2D eigenvalue weighted by Gasteiger charge is -2.13. The molecule has 1 heterocycles. The average molecular weight is 392 g/mol. The van der Waals surface area contributed by atoms with Crippen molar-refractivity contribution in [2.24, 2.45) is 0 Å². The number of ether oxygens (including phenoxy) is 2. The molecule has 0 aliphatic carbocycles. The number of benzene rings is 2. The van der Waals surface area contributed by atoms with Gasteiger partial charge in [0.05, 0.1) is 19.9 Å². The molecule has 0 unspecified atom stereocenters. The Balaban J connectivity index is 1.60. The van der Waals surface area contributed by atoms with Crippen LogP contribution in [-0.2, 0) is 19.7 Å². The third-order valence-corrected chi connectivity index (χ3v) is 4.42. The maximum Gasteiger partial charge on any atom is 0.161 e. The Bertz CT molecular complexity index is 850. The molecule has 0 fully saturated rings. The maximum atomic E-state index is 6.18. The Morgan fingerprint density at radius 1 is 1.00 bits per heavy atom. The molecule has 3 rings (SSSR count). The van der Waals surface area contributed by atoms with Gasteiger partial charge < -0.3 is 19.2 Å². The number of methoxy groups -OCH3 is 1. The van der Waals surface area contributed by atoms with Crippen LogP contribution in [0.4, 0.5) is 0 Å². The summed E-state index contributed by atoms with van der Waals surface area (Å²) in [6.45, 7) is 1.70. The topological polar surface area (TPSA) is 43.6 Å². The van der Waals surface area contributed by atoms with Gasteiger partial charge in [-0.1, -0.05) is 35.3 Å². The lowest BCUT2D eigenvalue weighted by molar-refractivity contribution is 0.284. The number of nitrogens with one attached hydrogen (secondary N) is 1. The normalized spacial score (nSPS) is 10.7. The smallest absolute Gasteiger partial charge is 0.161 e. The summed E-state index contributed by atoms with van der Waals surface area (Å²) in [6, 6.07) is 15.0. The van der Waals surface area contributed by atoms with Crippen LogP contribution in [0.3, 0.4) is 0 Å². The van der Waals surface area contributed by atoms with Crippen LogP contribution in [0.2, 0.25) is 10.0 Å². The third kappa shape index (κ3) is 4.94. The second-order valence-corrected chi connectivity index (χ2v) is 6.54. The zero-order valence-electron chi connectivity index (χ0n) is 14.3. The van der Waals surface area contributed by atoms with Crippen molar-refractivity contribution >= 4 is 23.2 Å². The van der Waals surface area contributed by atoms with Crippen LogP contribution in [0.5, 0.6) is 11.5 Å². The van der Waals surface area contributed by atoms with Crippen LogP contribution in [0.25, 0.3) is 0 Å². The lowest BCUT2D eigenvalue weighted by Crippen LogP contribution is -2.12. The highest BCUT2D eigenvalue weighted by atomic mass is 35.5. The number of hydrogen-bond donors (Lipinski definition) is 1. The summed E-state index contributed by atoms with van der Waals surface area (Å²) in [7, 11) is 1.62. The van der Waals surface area contributed by atoms with E-state index in [0.29, 0.717) is 41.2 Å². The first kappa shape index (κ1) is 18.6. The predicted molar refractivity (Wildman–Crippen MR) is 103 cm³/mol. The third-order valence-electron chi connectivity index (χ3n) is 3.83. The molecular weight excluding hydrogens is 373 g/mol. The SMILES string of the molecule is COc1cc(CNCc2ccco2)ccc1OCc1ccc(Cl)cc1Cl. The maximum absolute atomic E-state index is 6.18. The van der Waals surface area contributed by atoms with Crippen LogP contribution < -0.4 is 14.8 Å². The summed E-state index contributed by atoms with van der Waals surface area (Å²) in [5.74, 6) is 2.23. The first-order valence-electron chi connectivity index (χ1n) is 8.12. The molecule has 1 aromatic heterocycles. The van der Waals surface area contributed by atoms with Crippen LogP contribution in [0, 0.1) is 0 Å². The van der Waals surface area contributed by atoms with Crippen molar-refractivity contribution in [2.75, 3.05) is 7.11 Å². The van der Waals surface area contributed by atoms with E-state index in [9.17, 15) is 0 Å². The van der Waals surface area contributed by atoms with E-state index in [1.54, 1.807) is 25.5 Å². The van der Waals surface area contributed by atoms with Gasteiger partial charge in [-0.05, 0) is 42.0 Å². The van der Waals surface area contributed by atoms with E-state index in [1.807, 2.05) is 36.4 Å². The van der Waals surface area contributed by atoms with Gasteiger partial charge in [0.25, 0.3) is 0 Å². The average Bonchev–Trinajstić information content (AvgIpc) is 3.15. The molecule has 1 N–H and O–H groups in total. The highest BCUT2D eigenvalue weighted by molar-refractivity contribution is 6.35. The molecule has 0 saturated carbocycles. The van der Waals surface area contributed by atoms with Crippen LogP contribution >= 0.6 is 23.2 Å². The molecule has 0 atom stereocenters. The van der Waals surface area contributed by atoms with Gasteiger partial charge in [-0.2, -0.15) is 0 Å². The van der Waals surface area contributed by atoms with E-state index in [2.05, 4.69) is 5.32 Å².